The fourth-order valence-electron chi connectivity index (χ4n) is 2.07. The molecule has 3 rings (SSSR count). The van der Waals surface area contributed by atoms with E-state index in [1.807, 2.05) is 24.3 Å². The maximum atomic E-state index is 6.14. The van der Waals surface area contributed by atoms with Gasteiger partial charge in [-0.1, -0.05) is 23.7 Å². The van der Waals surface area contributed by atoms with Crippen LogP contribution in [0.5, 0.6) is 0 Å². The van der Waals surface area contributed by atoms with Crippen LogP contribution in [-0.4, -0.2) is 16.5 Å². The molecule has 5 heteroatoms. The number of hydrogen-bond donors (Lipinski definition) is 2. The maximum Gasteiger partial charge on any atom is 0.138 e. The third-order valence-corrected chi connectivity index (χ3v) is 3.33. The topological polar surface area (TPSA) is 49.8 Å². The smallest absolute Gasteiger partial charge is 0.138 e. The van der Waals surface area contributed by atoms with Crippen molar-refractivity contribution in [2.24, 2.45) is 0 Å². The Bertz CT molecular complexity index is 571. The SMILES string of the molecule is Clc1ccccc1Nc1ncnc2c1CNCC2. The first-order chi connectivity index (χ1) is 8.84. The Morgan fingerprint density at radius 1 is 1.22 bits per heavy atom. The largest absolute Gasteiger partial charge is 0.339 e. The van der Waals surface area contributed by atoms with E-state index in [1.165, 1.54) is 0 Å². The van der Waals surface area contributed by atoms with E-state index < -0.39 is 0 Å². The average Bonchev–Trinajstić information content (AvgIpc) is 2.42. The molecule has 0 radical (unpaired) electrons. The first kappa shape index (κ1) is 11.4. The number of halogens is 1. The summed E-state index contributed by atoms with van der Waals surface area (Å²) in [7, 11) is 0. The fourth-order valence-corrected chi connectivity index (χ4v) is 2.25. The van der Waals surface area contributed by atoms with E-state index in [2.05, 4.69) is 20.6 Å². The molecule has 2 N–H and O–H groups in total. The summed E-state index contributed by atoms with van der Waals surface area (Å²) in [6, 6.07) is 7.65. The molecular formula is C13H13ClN4. The van der Waals surface area contributed by atoms with E-state index in [0.717, 1.165) is 42.3 Å². The molecule has 92 valence electrons. The Morgan fingerprint density at radius 2 is 2.11 bits per heavy atom. The van der Waals surface area contributed by atoms with Crippen LogP contribution in [0.4, 0.5) is 11.5 Å². The summed E-state index contributed by atoms with van der Waals surface area (Å²) < 4.78 is 0. The minimum atomic E-state index is 0.689. The van der Waals surface area contributed by atoms with E-state index >= 15 is 0 Å². The molecule has 2 aromatic rings. The second-order valence-corrected chi connectivity index (χ2v) is 4.59. The minimum Gasteiger partial charge on any atom is -0.339 e. The zero-order valence-corrected chi connectivity index (χ0v) is 10.5. The Morgan fingerprint density at radius 3 is 3.00 bits per heavy atom. The highest BCUT2D eigenvalue weighted by molar-refractivity contribution is 6.33. The van der Waals surface area contributed by atoms with E-state index in [9.17, 15) is 0 Å². The molecule has 0 spiro atoms. The van der Waals surface area contributed by atoms with E-state index in [4.69, 9.17) is 11.6 Å². The highest BCUT2D eigenvalue weighted by Crippen LogP contribution is 2.27. The third-order valence-electron chi connectivity index (χ3n) is 3.00. The quantitative estimate of drug-likeness (QED) is 0.871. The number of anilines is 2. The first-order valence-corrected chi connectivity index (χ1v) is 6.27. The summed E-state index contributed by atoms with van der Waals surface area (Å²) in [4.78, 5) is 8.63. The molecule has 0 unspecified atom stereocenters. The van der Waals surface area contributed by atoms with E-state index in [1.54, 1.807) is 6.33 Å². The van der Waals surface area contributed by atoms with Crippen molar-refractivity contribution in [3.05, 3.63) is 46.9 Å². The Labute approximate surface area is 110 Å². The van der Waals surface area contributed by atoms with Gasteiger partial charge in [0.05, 0.1) is 16.4 Å². The molecule has 1 aliphatic rings. The molecule has 0 amide bonds. The molecule has 0 aliphatic carbocycles. The number of nitrogens with one attached hydrogen (secondary N) is 2. The summed E-state index contributed by atoms with van der Waals surface area (Å²) >= 11 is 6.14. The van der Waals surface area contributed by atoms with Crippen molar-refractivity contribution in [2.75, 3.05) is 11.9 Å². The van der Waals surface area contributed by atoms with Gasteiger partial charge in [-0.2, -0.15) is 0 Å². The summed E-state index contributed by atoms with van der Waals surface area (Å²) in [5.41, 5.74) is 3.10. The summed E-state index contributed by atoms with van der Waals surface area (Å²) in [6.45, 7) is 1.76. The van der Waals surface area contributed by atoms with Gasteiger partial charge in [-0.05, 0) is 12.1 Å². The zero-order chi connectivity index (χ0) is 12.4. The van der Waals surface area contributed by atoms with Crippen molar-refractivity contribution in [1.29, 1.82) is 0 Å². The number of aromatic nitrogens is 2. The van der Waals surface area contributed by atoms with Crippen molar-refractivity contribution >= 4 is 23.1 Å². The van der Waals surface area contributed by atoms with Gasteiger partial charge in [0.1, 0.15) is 12.1 Å². The first-order valence-electron chi connectivity index (χ1n) is 5.89. The average molecular weight is 261 g/mol. The van der Waals surface area contributed by atoms with E-state index in [-0.39, 0.29) is 0 Å². The second kappa shape index (κ2) is 4.92. The summed E-state index contributed by atoms with van der Waals surface area (Å²) in [5.74, 6) is 0.834. The van der Waals surface area contributed by atoms with Crippen LogP contribution in [0.3, 0.4) is 0 Å². The molecule has 0 atom stereocenters. The number of hydrogen-bond acceptors (Lipinski definition) is 4. The molecule has 1 aliphatic heterocycles. The molecule has 0 bridgehead atoms. The number of fused-ring (bicyclic) bond motifs is 1. The van der Waals surface area contributed by atoms with Crippen molar-refractivity contribution in [3.8, 4) is 0 Å². The molecule has 0 fully saturated rings. The zero-order valence-electron chi connectivity index (χ0n) is 9.78. The van der Waals surface area contributed by atoms with Crippen LogP contribution in [0, 0.1) is 0 Å². The molecule has 2 heterocycles. The lowest BCUT2D eigenvalue weighted by atomic mass is 10.1. The Kier molecular flexibility index (Phi) is 3.13. The van der Waals surface area contributed by atoms with Gasteiger partial charge in [0.15, 0.2) is 0 Å². The van der Waals surface area contributed by atoms with E-state index in [0.29, 0.717) is 5.02 Å². The number of benzene rings is 1. The van der Waals surface area contributed by atoms with Crippen LogP contribution in [0.1, 0.15) is 11.3 Å². The van der Waals surface area contributed by atoms with Gasteiger partial charge in [-0.25, -0.2) is 9.97 Å². The van der Waals surface area contributed by atoms with Crippen molar-refractivity contribution < 1.29 is 0 Å². The lowest BCUT2D eigenvalue weighted by Crippen LogP contribution is -2.25. The fraction of sp³-hybridized carbons (Fsp3) is 0.231. The lowest BCUT2D eigenvalue weighted by Gasteiger charge is -2.19. The lowest BCUT2D eigenvalue weighted by molar-refractivity contribution is 0.628. The van der Waals surface area contributed by atoms with Gasteiger partial charge in [-0.15, -0.1) is 0 Å². The van der Waals surface area contributed by atoms with Gasteiger partial charge in [0, 0.05) is 25.1 Å². The molecule has 18 heavy (non-hydrogen) atoms. The Hall–Kier alpha value is -1.65. The molecule has 0 saturated heterocycles. The van der Waals surface area contributed by atoms with Crippen LogP contribution in [0.2, 0.25) is 5.02 Å². The molecule has 4 nitrogen and oxygen atoms in total. The van der Waals surface area contributed by atoms with Crippen LogP contribution >= 0.6 is 11.6 Å². The number of para-hydroxylation sites is 1. The van der Waals surface area contributed by atoms with Crippen molar-refractivity contribution in [1.82, 2.24) is 15.3 Å². The van der Waals surface area contributed by atoms with Crippen molar-refractivity contribution in [2.45, 2.75) is 13.0 Å². The number of nitrogens with zero attached hydrogens (tertiary/aromatic N) is 2. The van der Waals surface area contributed by atoms with Crippen LogP contribution in [-0.2, 0) is 13.0 Å². The minimum absolute atomic E-state index is 0.689. The predicted molar refractivity (Wildman–Crippen MR) is 72.2 cm³/mol. The van der Waals surface area contributed by atoms with Gasteiger partial charge in [0.2, 0.25) is 0 Å². The highest BCUT2D eigenvalue weighted by Gasteiger charge is 2.15. The monoisotopic (exact) mass is 260 g/mol. The van der Waals surface area contributed by atoms with Gasteiger partial charge >= 0.3 is 0 Å². The summed E-state index contributed by atoms with van der Waals surface area (Å²) in [5, 5.41) is 7.29. The normalized spacial score (nSPS) is 14.1. The van der Waals surface area contributed by atoms with Crippen LogP contribution in [0.25, 0.3) is 0 Å². The van der Waals surface area contributed by atoms with Crippen molar-refractivity contribution in [3.63, 3.8) is 0 Å². The Balaban J connectivity index is 1.96. The van der Waals surface area contributed by atoms with Crippen LogP contribution in [0.15, 0.2) is 30.6 Å². The standard InChI is InChI=1S/C13H13ClN4/c14-10-3-1-2-4-12(10)18-13-9-7-15-6-5-11(9)16-8-17-13/h1-4,8,15H,5-7H2,(H,16,17,18). The van der Waals surface area contributed by atoms with Gasteiger partial charge < -0.3 is 10.6 Å². The number of rotatable bonds is 2. The molecule has 0 saturated carbocycles. The maximum absolute atomic E-state index is 6.14. The predicted octanol–water partition coefficient (Wildman–Crippen LogP) is 2.52. The van der Waals surface area contributed by atoms with Crippen LogP contribution < -0.4 is 10.6 Å². The second-order valence-electron chi connectivity index (χ2n) is 4.18. The summed E-state index contributed by atoms with van der Waals surface area (Å²) in [6.07, 6.45) is 2.54. The highest BCUT2D eigenvalue weighted by atomic mass is 35.5. The van der Waals surface area contributed by atoms with Gasteiger partial charge in [-0.3, -0.25) is 0 Å². The van der Waals surface area contributed by atoms with Gasteiger partial charge in [0.25, 0.3) is 0 Å². The third kappa shape index (κ3) is 2.17. The molecule has 1 aromatic heterocycles. The molecular weight excluding hydrogens is 248 g/mol. The molecule has 1 aromatic carbocycles.